The van der Waals surface area contributed by atoms with Gasteiger partial charge in [-0.2, -0.15) is 0 Å². The van der Waals surface area contributed by atoms with Gasteiger partial charge in [0.25, 0.3) is 0 Å². The first-order valence-electron chi connectivity index (χ1n) is 2.74. The van der Waals surface area contributed by atoms with Gasteiger partial charge in [0.15, 0.2) is 0 Å². The molecular weight excluding hydrogens is 171 g/mol. The number of aliphatic carboxylic acids is 1. The Morgan fingerprint density at radius 3 is 2.82 bits per heavy atom. The molecule has 1 aromatic heterocycles. The largest absolute Gasteiger partial charge is 1.00 e. The summed E-state index contributed by atoms with van der Waals surface area (Å²) in [6.45, 7) is 0. The molecule has 0 radical (unpaired) electrons. The van der Waals surface area contributed by atoms with Crippen molar-refractivity contribution in [2.45, 2.75) is 6.42 Å². The topological polar surface area (TPSA) is 65.9 Å². The third kappa shape index (κ3) is 4.60. The first-order valence-corrected chi connectivity index (χ1v) is 2.74. The SMILES string of the molecule is O=C([O-])Cc1ccncn1.[K+]. The average molecular weight is 176 g/mol. The first-order chi connectivity index (χ1) is 4.79. The Labute approximate surface area is 106 Å². The van der Waals surface area contributed by atoms with E-state index >= 15 is 0 Å². The molecule has 0 saturated carbocycles. The second-order valence-corrected chi connectivity index (χ2v) is 1.75. The van der Waals surface area contributed by atoms with E-state index in [0.717, 1.165) is 0 Å². The zero-order valence-electron chi connectivity index (χ0n) is 6.15. The summed E-state index contributed by atoms with van der Waals surface area (Å²) >= 11 is 0. The van der Waals surface area contributed by atoms with Gasteiger partial charge < -0.3 is 9.90 Å². The third-order valence-corrected chi connectivity index (χ3v) is 0.969. The van der Waals surface area contributed by atoms with Crippen molar-refractivity contribution < 1.29 is 61.3 Å². The van der Waals surface area contributed by atoms with E-state index in [2.05, 4.69) is 9.97 Å². The molecule has 0 atom stereocenters. The van der Waals surface area contributed by atoms with Crippen molar-refractivity contribution >= 4 is 5.97 Å². The van der Waals surface area contributed by atoms with E-state index in [9.17, 15) is 9.90 Å². The van der Waals surface area contributed by atoms with Crippen molar-refractivity contribution in [3.63, 3.8) is 0 Å². The minimum absolute atomic E-state index is 0. The van der Waals surface area contributed by atoms with Crippen molar-refractivity contribution in [3.05, 3.63) is 24.3 Å². The molecule has 0 N–H and O–H groups in total. The minimum atomic E-state index is -1.13. The van der Waals surface area contributed by atoms with Crippen molar-refractivity contribution in [2.75, 3.05) is 0 Å². The van der Waals surface area contributed by atoms with Crippen LogP contribution in [-0.2, 0) is 11.2 Å². The zero-order valence-corrected chi connectivity index (χ0v) is 9.27. The molecule has 0 aliphatic rings. The van der Waals surface area contributed by atoms with Crippen LogP contribution >= 0.6 is 0 Å². The van der Waals surface area contributed by atoms with Crippen molar-refractivity contribution in [3.8, 4) is 0 Å². The maximum atomic E-state index is 10.00. The number of carboxylic acids is 1. The third-order valence-electron chi connectivity index (χ3n) is 0.969. The van der Waals surface area contributed by atoms with Gasteiger partial charge in [-0.3, -0.25) is 0 Å². The Morgan fingerprint density at radius 1 is 1.64 bits per heavy atom. The Kier molecular flexibility index (Phi) is 5.89. The van der Waals surface area contributed by atoms with Gasteiger partial charge in [0.05, 0.1) is 0 Å². The fourth-order valence-corrected chi connectivity index (χ4v) is 0.571. The predicted molar refractivity (Wildman–Crippen MR) is 30.7 cm³/mol. The van der Waals surface area contributed by atoms with Crippen molar-refractivity contribution in [2.24, 2.45) is 0 Å². The minimum Gasteiger partial charge on any atom is -0.550 e. The van der Waals surface area contributed by atoms with E-state index in [-0.39, 0.29) is 57.8 Å². The molecule has 0 saturated heterocycles. The fraction of sp³-hybridized carbons (Fsp3) is 0.167. The molecule has 11 heavy (non-hydrogen) atoms. The molecule has 1 aromatic rings. The molecule has 52 valence electrons. The summed E-state index contributed by atoms with van der Waals surface area (Å²) in [5, 5.41) is 10.00. The second-order valence-electron chi connectivity index (χ2n) is 1.75. The van der Waals surface area contributed by atoms with Gasteiger partial charge in [0.2, 0.25) is 0 Å². The van der Waals surface area contributed by atoms with Crippen molar-refractivity contribution in [1.29, 1.82) is 0 Å². The number of aromatic nitrogens is 2. The summed E-state index contributed by atoms with van der Waals surface area (Å²) in [4.78, 5) is 17.3. The Hall–Kier alpha value is 0.186. The maximum Gasteiger partial charge on any atom is 1.00 e. The molecule has 0 amide bonds. The molecule has 1 heterocycles. The van der Waals surface area contributed by atoms with Crippen LogP contribution in [0.4, 0.5) is 0 Å². The van der Waals surface area contributed by atoms with Crippen LogP contribution in [-0.4, -0.2) is 15.9 Å². The van der Waals surface area contributed by atoms with Gasteiger partial charge in [-0.25, -0.2) is 9.97 Å². The van der Waals surface area contributed by atoms with E-state index in [1.807, 2.05) is 0 Å². The summed E-state index contributed by atoms with van der Waals surface area (Å²) < 4.78 is 0. The van der Waals surface area contributed by atoms with Gasteiger partial charge in [-0.1, -0.05) is 0 Å². The van der Waals surface area contributed by atoms with Gasteiger partial charge >= 0.3 is 51.4 Å². The first kappa shape index (κ1) is 11.2. The van der Waals surface area contributed by atoms with Crippen LogP contribution in [0, 0.1) is 0 Å². The quantitative estimate of drug-likeness (QED) is 0.428. The number of carbonyl (C=O) groups excluding carboxylic acids is 1. The number of carbonyl (C=O) groups is 1. The van der Waals surface area contributed by atoms with Crippen LogP contribution in [0.5, 0.6) is 0 Å². The van der Waals surface area contributed by atoms with Crippen LogP contribution in [0.25, 0.3) is 0 Å². The van der Waals surface area contributed by atoms with E-state index in [4.69, 9.17) is 0 Å². The predicted octanol–water partition coefficient (Wildman–Crippen LogP) is -4.23. The molecule has 4 nitrogen and oxygen atoms in total. The van der Waals surface area contributed by atoms with Crippen LogP contribution in [0.15, 0.2) is 18.6 Å². The number of hydrogen-bond acceptors (Lipinski definition) is 4. The Bertz CT molecular complexity index is 227. The molecule has 0 spiro atoms. The van der Waals surface area contributed by atoms with E-state index in [1.165, 1.54) is 18.6 Å². The standard InChI is InChI=1S/C6H6N2O2.K/c9-6(10)3-5-1-2-7-4-8-5;/h1-2,4H,3H2,(H,9,10);/q;+1/p-1. The van der Waals surface area contributed by atoms with Crippen molar-refractivity contribution in [1.82, 2.24) is 9.97 Å². The summed E-state index contributed by atoms with van der Waals surface area (Å²) in [5.41, 5.74) is 0.468. The van der Waals surface area contributed by atoms with Gasteiger partial charge in [0.1, 0.15) is 6.33 Å². The average Bonchev–Trinajstić information content (AvgIpc) is 1.88. The normalized spacial score (nSPS) is 8.36. The van der Waals surface area contributed by atoms with E-state index < -0.39 is 5.97 Å². The fourth-order valence-electron chi connectivity index (χ4n) is 0.571. The second kappa shape index (κ2) is 5.79. The Balaban J connectivity index is 0.000001000. The molecule has 0 unspecified atom stereocenters. The summed E-state index contributed by atoms with van der Waals surface area (Å²) in [7, 11) is 0. The van der Waals surface area contributed by atoms with E-state index in [0.29, 0.717) is 5.69 Å². The smallest absolute Gasteiger partial charge is 0.550 e. The summed E-state index contributed by atoms with van der Waals surface area (Å²) in [6.07, 6.45) is 2.64. The molecule has 1 rings (SSSR count). The van der Waals surface area contributed by atoms with Crippen LogP contribution in [0.1, 0.15) is 5.69 Å². The number of carboxylic acid groups (broad SMARTS) is 1. The van der Waals surface area contributed by atoms with Crippen LogP contribution in [0.3, 0.4) is 0 Å². The Morgan fingerprint density at radius 2 is 2.36 bits per heavy atom. The number of nitrogens with zero attached hydrogens (tertiary/aromatic N) is 2. The summed E-state index contributed by atoms with van der Waals surface area (Å²) in [5.74, 6) is -1.13. The maximum absolute atomic E-state index is 10.00. The molecule has 5 heteroatoms. The molecule has 0 bridgehead atoms. The number of rotatable bonds is 2. The molecule has 0 aliphatic heterocycles. The summed E-state index contributed by atoms with van der Waals surface area (Å²) in [6, 6.07) is 1.54. The molecule has 0 fully saturated rings. The monoisotopic (exact) mass is 176 g/mol. The molecular formula is C6H5KN2O2. The van der Waals surface area contributed by atoms with Crippen LogP contribution in [0.2, 0.25) is 0 Å². The van der Waals surface area contributed by atoms with Gasteiger partial charge in [-0.05, 0) is 6.07 Å². The van der Waals surface area contributed by atoms with Gasteiger partial charge in [0, 0.05) is 24.3 Å². The van der Waals surface area contributed by atoms with Crippen LogP contribution < -0.4 is 56.5 Å². The number of hydrogen-bond donors (Lipinski definition) is 0. The zero-order chi connectivity index (χ0) is 7.40. The molecule has 0 aromatic carbocycles. The molecule has 0 aliphatic carbocycles. The van der Waals surface area contributed by atoms with E-state index in [1.54, 1.807) is 0 Å². The van der Waals surface area contributed by atoms with Gasteiger partial charge in [-0.15, -0.1) is 0 Å².